The summed E-state index contributed by atoms with van der Waals surface area (Å²) >= 11 is 5.98. The maximum absolute atomic E-state index is 13.4. The number of amides is 2. The molecule has 2 saturated heterocycles. The molecule has 2 amide bonds. The van der Waals surface area contributed by atoms with Gasteiger partial charge in [0.2, 0.25) is 5.91 Å². The zero-order chi connectivity index (χ0) is 21.4. The van der Waals surface area contributed by atoms with Crippen molar-refractivity contribution in [2.75, 3.05) is 9.96 Å². The molecule has 31 heavy (non-hydrogen) atoms. The van der Waals surface area contributed by atoms with Crippen LogP contribution in [0.25, 0.3) is 6.08 Å². The predicted octanol–water partition coefficient (Wildman–Crippen LogP) is 4.73. The highest BCUT2D eigenvalue weighted by Crippen LogP contribution is 2.40. The summed E-state index contributed by atoms with van der Waals surface area (Å²) in [6.07, 6.45) is 2.97. The Balaban J connectivity index is 1.52. The Kier molecular flexibility index (Phi) is 5.06. The summed E-state index contributed by atoms with van der Waals surface area (Å²) in [5, 5.41) is 2.32. The van der Waals surface area contributed by atoms with E-state index in [4.69, 9.17) is 16.4 Å². The molecule has 3 aromatic rings. The number of anilines is 2. The van der Waals surface area contributed by atoms with Gasteiger partial charge in [-0.1, -0.05) is 72.3 Å². The number of hydrogen-bond acceptors (Lipinski definition) is 4. The van der Waals surface area contributed by atoms with Gasteiger partial charge >= 0.3 is 0 Å². The van der Waals surface area contributed by atoms with E-state index in [1.54, 1.807) is 29.3 Å². The number of rotatable bonds is 4. The molecule has 0 saturated carbocycles. The van der Waals surface area contributed by atoms with E-state index in [1.165, 1.54) is 4.90 Å². The molecule has 3 aromatic carbocycles. The lowest BCUT2D eigenvalue weighted by molar-refractivity contribution is -0.126. The first kappa shape index (κ1) is 19.5. The monoisotopic (exact) mass is 430 g/mol. The van der Waals surface area contributed by atoms with Crippen molar-refractivity contribution < 1.29 is 14.4 Å². The van der Waals surface area contributed by atoms with Crippen LogP contribution in [0.2, 0.25) is 5.02 Å². The third kappa shape index (κ3) is 3.52. The molecule has 2 fully saturated rings. The minimum Gasteiger partial charge on any atom is -0.273 e. The lowest BCUT2D eigenvalue weighted by Crippen LogP contribution is -2.39. The summed E-state index contributed by atoms with van der Waals surface area (Å²) < 4.78 is 0. The van der Waals surface area contributed by atoms with Crippen molar-refractivity contribution in [1.82, 2.24) is 0 Å². The Labute approximate surface area is 185 Å². The molecule has 0 radical (unpaired) electrons. The lowest BCUT2D eigenvalue weighted by Gasteiger charge is -2.26. The second-order valence-electron chi connectivity index (χ2n) is 7.46. The van der Waals surface area contributed by atoms with Crippen LogP contribution in [0.1, 0.15) is 5.56 Å². The molecule has 2 aliphatic heterocycles. The molecule has 3 atom stereocenters. The van der Waals surface area contributed by atoms with Crippen molar-refractivity contribution in [1.29, 1.82) is 0 Å². The molecule has 0 spiro atoms. The summed E-state index contributed by atoms with van der Waals surface area (Å²) in [6, 6.07) is 25.4. The number of halogens is 1. The smallest absolute Gasteiger partial charge is 0.266 e. The quantitative estimate of drug-likeness (QED) is 0.561. The van der Waals surface area contributed by atoms with E-state index in [-0.39, 0.29) is 11.8 Å². The molecule has 5 rings (SSSR count). The molecular formula is C25H19ClN2O3. The third-order valence-corrected chi connectivity index (χ3v) is 5.79. The molecule has 5 nitrogen and oxygen atoms in total. The van der Waals surface area contributed by atoms with Crippen molar-refractivity contribution in [3.05, 3.63) is 102 Å². The topological polar surface area (TPSA) is 49.9 Å². The number of hydrogen-bond donors (Lipinski definition) is 0. The molecule has 2 aliphatic rings. The average Bonchev–Trinajstić information content (AvgIpc) is 3.30. The zero-order valence-corrected chi connectivity index (χ0v) is 17.2. The van der Waals surface area contributed by atoms with Gasteiger partial charge in [-0.25, -0.2) is 9.96 Å². The second kappa shape index (κ2) is 8.02. The van der Waals surface area contributed by atoms with Crippen molar-refractivity contribution in [3.8, 4) is 0 Å². The van der Waals surface area contributed by atoms with E-state index in [2.05, 4.69) is 0 Å². The van der Waals surface area contributed by atoms with Crippen LogP contribution in [0, 0.1) is 5.92 Å². The Morgan fingerprint density at radius 3 is 2.03 bits per heavy atom. The number of carbonyl (C=O) groups excluding carboxylic acids is 2. The number of benzene rings is 3. The summed E-state index contributed by atoms with van der Waals surface area (Å²) in [5.41, 5.74) is 2.29. The van der Waals surface area contributed by atoms with Crippen LogP contribution in [-0.4, -0.2) is 24.0 Å². The van der Waals surface area contributed by atoms with E-state index < -0.39 is 18.1 Å². The van der Waals surface area contributed by atoms with Crippen LogP contribution >= 0.6 is 11.6 Å². The number of hydroxylamine groups is 1. The Bertz CT molecular complexity index is 1130. The fourth-order valence-electron chi connectivity index (χ4n) is 4.06. The van der Waals surface area contributed by atoms with Gasteiger partial charge < -0.3 is 0 Å². The molecule has 0 bridgehead atoms. The molecule has 2 heterocycles. The van der Waals surface area contributed by atoms with E-state index in [1.807, 2.05) is 72.8 Å². The molecule has 0 N–H and O–H groups in total. The standard InChI is InChI=1S/C25H19ClN2O3/c26-18-14-11-17(12-15-18)13-16-21-22-23(31-28(21)20-9-5-2-6-10-20)25(30)27(24(22)29)19-7-3-1-4-8-19/h1-16,21-23H/b16-13+. The van der Waals surface area contributed by atoms with Gasteiger partial charge in [0, 0.05) is 5.02 Å². The van der Waals surface area contributed by atoms with E-state index in [9.17, 15) is 9.59 Å². The van der Waals surface area contributed by atoms with Crippen LogP contribution in [0.5, 0.6) is 0 Å². The second-order valence-corrected chi connectivity index (χ2v) is 7.90. The van der Waals surface area contributed by atoms with Crippen molar-refractivity contribution >= 4 is 40.9 Å². The van der Waals surface area contributed by atoms with Crippen LogP contribution in [0.3, 0.4) is 0 Å². The van der Waals surface area contributed by atoms with Gasteiger partial charge in [-0.05, 0) is 42.0 Å². The van der Waals surface area contributed by atoms with Crippen LogP contribution in [0.4, 0.5) is 11.4 Å². The van der Waals surface area contributed by atoms with E-state index >= 15 is 0 Å². The molecular weight excluding hydrogens is 412 g/mol. The third-order valence-electron chi connectivity index (χ3n) is 5.54. The fraction of sp³-hybridized carbons (Fsp3) is 0.120. The molecule has 3 unspecified atom stereocenters. The summed E-state index contributed by atoms with van der Waals surface area (Å²) in [6.45, 7) is 0. The van der Waals surface area contributed by atoms with Gasteiger partial charge in [0.05, 0.1) is 17.4 Å². The highest BCUT2D eigenvalue weighted by molar-refractivity contribution is 6.30. The summed E-state index contributed by atoms with van der Waals surface area (Å²) in [7, 11) is 0. The minimum atomic E-state index is -0.868. The molecule has 154 valence electrons. The van der Waals surface area contributed by atoms with Crippen molar-refractivity contribution in [2.24, 2.45) is 5.92 Å². The summed E-state index contributed by atoms with van der Waals surface area (Å²) in [4.78, 5) is 33.8. The number of para-hydroxylation sites is 2. The first-order valence-corrected chi connectivity index (χ1v) is 10.4. The average molecular weight is 431 g/mol. The van der Waals surface area contributed by atoms with Crippen LogP contribution < -0.4 is 9.96 Å². The van der Waals surface area contributed by atoms with Crippen LogP contribution in [-0.2, 0) is 14.4 Å². The lowest BCUT2D eigenvalue weighted by atomic mass is 9.95. The first-order chi connectivity index (χ1) is 15.1. The number of imide groups is 1. The number of carbonyl (C=O) groups is 2. The van der Waals surface area contributed by atoms with Crippen LogP contribution in [0.15, 0.2) is 91.0 Å². The van der Waals surface area contributed by atoms with Gasteiger partial charge in [-0.3, -0.25) is 14.4 Å². The van der Waals surface area contributed by atoms with Crippen molar-refractivity contribution in [3.63, 3.8) is 0 Å². The Morgan fingerprint density at radius 2 is 1.39 bits per heavy atom. The predicted molar refractivity (Wildman–Crippen MR) is 120 cm³/mol. The highest BCUT2D eigenvalue weighted by atomic mass is 35.5. The maximum Gasteiger partial charge on any atom is 0.266 e. The van der Waals surface area contributed by atoms with Crippen molar-refractivity contribution in [2.45, 2.75) is 12.1 Å². The zero-order valence-electron chi connectivity index (χ0n) is 16.5. The minimum absolute atomic E-state index is 0.259. The normalized spacial score (nSPS) is 23.1. The molecule has 6 heteroatoms. The largest absolute Gasteiger partial charge is 0.273 e. The van der Waals surface area contributed by atoms with Gasteiger partial charge in [0.25, 0.3) is 5.91 Å². The molecule has 0 aromatic heterocycles. The van der Waals surface area contributed by atoms with E-state index in [0.29, 0.717) is 10.7 Å². The van der Waals surface area contributed by atoms with Gasteiger partial charge in [0.1, 0.15) is 5.92 Å². The number of fused-ring (bicyclic) bond motifs is 1. The maximum atomic E-state index is 13.4. The fourth-order valence-corrected chi connectivity index (χ4v) is 4.19. The Hall–Kier alpha value is -3.41. The SMILES string of the molecule is O=C1C2ON(c3ccccc3)C(/C=C/c3ccc(Cl)cc3)C2C(=O)N1c1ccccc1. The summed E-state index contributed by atoms with van der Waals surface area (Å²) in [5.74, 6) is -1.24. The van der Waals surface area contributed by atoms with Gasteiger partial charge in [-0.2, -0.15) is 0 Å². The van der Waals surface area contributed by atoms with E-state index in [0.717, 1.165) is 11.3 Å². The van der Waals surface area contributed by atoms with Gasteiger partial charge in [-0.15, -0.1) is 0 Å². The highest BCUT2D eigenvalue weighted by Gasteiger charge is 2.59. The first-order valence-electron chi connectivity index (χ1n) is 10.0. The molecule has 0 aliphatic carbocycles. The van der Waals surface area contributed by atoms with Gasteiger partial charge in [0.15, 0.2) is 6.10 Å². The number of nitrogens with zero attached hydrogens (tertiary/aromatic N) is 2. The Morgan fingerprint density at radius 1 is 0.774 bits per heavy atom.